The Morgan fingerprint density at radius 3 is 2.70 bits per heavy atom. The average molecular weight is 331 g/mol. The van der Waals surface area contributed by atoms with Crippen LogP contribution in [-0.2, 0) is 4.79 Å². The van der Waals surface area contributed by atoms with E-state index in [1.165, 1.54) is 11.3 Å². The van der Waals surface area contributed by atoms with Gasteiger partial charge < -0.3 is 10.4 Å². The molecule has 1 aromatic carbocycles. The van der Waals surface area contributed by atoms with Gasteiger partial charge in [-0.3, -0.25) is 9.59 Å². The molecule has 0 saturated heterocycles. The van der Waals surface area contributed by atoms with Gasteiger partial charge in [-0.25, -0.2) is 0 Å². The molecule has 0 aliphatic rings. The van der Waals surface area contributed by atoms with E-state index in [-0.39, 0.29) is 31.1 Å². The van der Waals surface area contributed by atoms with Crippen molar-refractivity contribution in [2.75, 3.05) is 6.54 Å². The molecule has 0 bridgehead atoms. The largest absolute Gasteiger partial charge is 0.387 e. The summed E-state index contributed by atoms with van der Waals surface area (Å²) < 4.78 is 0. The van der Waals surface area contributed by atoms with Crippen LogP contribution in [0.5, 0.6) is 0 Å². The van der Waals surface area contributed by atoms with Gasteiger partial charge >= 0.3 is 0 Å². The summed E-state index contributed by atoms with van der Waals surface area (Å²) in [5, 5.41) is 16.3. The monoisotopic (exact) mass is 331 g/mol. The molecule has 5 heteroatoms. The van der Waals surface area contributed by atoms with Gasteiger partial charge in [0.05, 0.1) is 6.10 Å². The molecule has 0 radical (unpaired) electrons. The first-order chi connectivity index (χ1) is 11.0. The average Bonchev–Trinajstić information content (AvgIpc) is 3.07. The molecule has 23 heavy (non-hydrogen) atoms. The lowest BCUT2D eigenvalue weighted by atomic mass is 9.99. The summed E-state index contributed by atoms with van der Waals surface area (Å²) >= 11 is 1.50. The van der Waals surface area contributed by atoms with Crippen molar-refractivity contribution in [3.63, 3.8) is 0 Å². The number of rotatable bonds is 7. The molecule has 0 fully saturated rings. The molecular weight excluding hydrogens is 310 g/mol. The number of nitrogens with one attached hydrogen (secondary N) is 1. The Bertz CT molecular complexity index is 680. The number of aliphatic hydroxyl groups is 1. The topological polar surface area (TPSA) is 66.4 Å². The quantitative estimate of drug-likeness (QED) is 0.766. The van der Waals surface area contributed by atoms with Gasteiger partial charge in [0, 0.05) is 24.9 Å². The number of carbonyl (C=O) groups excluding carboxylic acids is 2. The summed E-state index contributed by atoms with van der Waals surface area (Å²) in [6, 6.07) is 7.56. The number of carbonyl (C=O) groups is 2. The lowest BCUT2D eigenvalue weighted by molar-refractivity contribution is -0.121. The second kappa shape index (κ2) is 8.04. The van der Waals surface area contributed by atoms with Crippen molar-refractivity contribution in [1.29, 1.82) is 0 Å². The first kappa shape index (κ1) is 17.4. The van der Waals surface area contributed by atoms with Crippen LogP contribution in [0.25, 0.3) is 0 Å². The van der Waals surface area contributed by atoms with Crippen molar-refractivity contribution in [2.24, 2.45) is 0 Å². The molecule has 2 rings (SSSR count). The first-order valence-corrected chi connectivity index (χ1v) is 8.49. The molecule has 2 N–H and O–H groups in total. The molecule has 1 atom stereocenters. The minimum atomic E-state index is -0.708. The van der Waals surface area contributed by atoms with Crippen LogP contribution in [0.3, 0.4) is 0 Å². The third-order valence-electron chi connectivity index (χ3n) is 3.69. The molecule has 0 aliphatic heterocycles. The number of hydrogen-bond acceptors (Lipinski definition) is 4. The molecule has 122 valence electrons. The van der Waals surface area contributed by atoms with Gasteiger partial charge in [-0.15, -0.1) is 0 Å². The highest BCUT2D eigenvalue weighted by molar-refractivity contribution is 7.07. The van der Waals surface area contributed by atoms with E-state index in [4.69, 9.17) is 0 Å². The van der Waals surface area contributed by atoms with Crippen molar-refractivity contribution in [1.82, 2.24) is 5.32 Å². The molecule has 1 amide bonds. The van der Waals surface area contributed by atoms with E-state index in [2.05, 4.69) is 5.32 Å². The summed E-state index contributed by atoms with van der Waals surface area (Å²) in [6.07, 6.45) is -0.410. The fourth-order valence-electron chi connectivity index (χ4n) is 2.28. The molecular formula is C18H21NO3S. The smallest absolute Gasteiger partial charge is 0.220 e. The van der Waals surface area contributed by atoms with Crippen LogP contribution in [0.2, 0.25) is 0 Å². The SMILES string of the molecule is Cc1ccc(C)c(C(=O)CCC(=O)NCC(O)c2ccsc2)c1. The Morgan fingerprint density at radius 1 is 1.22 bits per heavy atom. The van der Waals surface area contributed by atoms with E-state index in [1.807, 2.05) is 48.9 Å². The predicted molar refractivity (Wildman–Crippen MR) is 91.8 cm³/mol. The lowest BCUT2D eigenvalue weighted by Gasteiger charge is -2.11. The molecule has 4 nitrogen and oxygen atoms in total. The minimum absolute atomic E-state index is 0.0280. The Kier molecular flexibility index (Phi) is 6.07. The maximum Gasteiger partial charge on any atom is 0.220 e. The van der Waals surface area contributed by atoms with Crippen molar-refractivity contribution in [2.45, 2.75) is 32.8 Å². The maximum atomic E-state index is 12.2. The third kappa shape index (κ3) is 5.01. The molecule has 1 heterocycles. The lowest BCUT2D eigenvalue weighted by Crippen LogP contribution is -2.28. The van der Waals surface area contributed by atoms with Crippen LogP contribution in [0.1, 0.15) is 46.0 Å². The molecule has 1 aromatic heterocycles. The fraction of sp³-hybridized carbons (Fsp3) is 0.333. The zero-order valence-electron chi connectivity index (χ0n) is 13.3. The number of Topliss-reactive ketones (excluding diaryl/α,β-unsaturated/α-hetero) is 1. The molecule has 0 spiro atoms. The zero-order valence-corrected chi connectivity index (χ0v) is 14.2. The fourth-order valence-corrected chi connectivity index (χ4v) is 2.99. The summed E-state index contributed by atoms with van der Waals surface area (Å²) in [5.41, 5.74) is 3.43. The van der Waals surface area contributed by atoms with Gasteiger partial charge in [-0.1, -0.05) is 17.7 Å². The number of amides is 1. The molecule has 2 aromatic rings. The number of hydrogen-bond donors (Lipinski definition) is 2. The van der Waals surface area contributed by atoms with Crippen LogP contribution in [-0.4, -0.2) is 23.3 Å². The summed E-state index contributed by atoms with van der Waals surface area (Å²) in [5.74, 6) is -0.252. The van der Waals surface area contributed by atoms with Crippen LogP contribution >= 0.6 is 11.3 Å². The molecule has 0 saturated carbocycles. The normalized spacial score (nSPS) is 12.0. The van der Waals surface area contributed by atoms with Crippen molar-refractivity contribution >= 4 is 23.0 Å². The van der Waals surface area contributed by atoms with Gasteiger partial charge in [0.2, 0.25) is 5.91 Å². The second-order valence-corrected chi connectivity index (χ2v) is 6.40. The van der Waals surface area contributed by atoms with E-state index < -0.39 is 6.10 Å². The van der Waals surface area contributed by atoms with Gasteiger partial charge in [0.25, 0.3) is 0 Å². The van der Waals surface area contributed by atoms with Crippen molar-refractivity contribution < 1.29 is 14.7 Å². The summed E-state index contributed by atoms with van der Waals surface area (Å²) in [6.45, 7) is 3.99. The zero-order chi connectivity index (χ0) is 16.8. The number of ketones is 1. The van der Waals surface area contributed by atoms with Gasteiger partial charge in [0.1, 0.15) is 0 Å². The van der Waals surface area contributed by atoms with E-state index in [1.54, 1.807) is 0 Å². The standard InChI is InChI=1S/C18H21NO3S/c1-12-3-4-13(2)15(9-12)16(20)5-6-18(22)19-10-17(21)14-7-8-23-11-14/h3-4,7-9,11,17,21H,5-6,10H2,1-2H3,(H,19,22). The van der Waals surface area contributed by atoms with E-state index >= 15 is 0 Å². The predicted octanol–water partition coefficient (Wildman–Crippen LogP) is 3.18. The highest BCUT2D eigenvalue weighted by Gasteiger charge is 2.13. The second-order valence-electron chi connectivity index (χ2n) is 5.62. The molecule has 1 unspecified atom stereocenters. The highest BCUT2D eigenvalue weighted by atomic mass is 32.1. The van der Waals surface area contributed by atoms with Gasteiger partial charge in [-0.05, 0) is 47.9 Å². The Labute approximate surface area is 140 Å². The van der Waals surface area contributed by atoms with Gasteiger partial charge in [0.15, 0.2) is 5.78 Å². The van der Waals surface area contributed by atoms with Crippen molar-refractivity contribution in [3.8, 4) is 0 Å². The number of thiophene rings is 1. The number of benzene rings is 1. The van der Waals surface area contributed by atoms with E-state index in [0.717, 1.165) is 16.7 Å². The number of aryl methyl sites for hydroxylation is 2. The first-order valence-electron chi connectivity index (χ1n) is 7.54. The number of aliphatic hydroxyl groups excluding tert-OH is 1. The minimum Gasteiger partial charge on any atom is -0.387 e. The van der Waals surface area contributed by atoms with Gasteiger partial charge in [-0.2, -0.15) is 11.3 Å². The van der Waals surface area contributed by atoms with Crippen molar-refractivity contribution in [3.05, 3.63) is 57.3 Å². The van der Waals surface area contributed by atoms with E-state index in [9.17, 15) is 14.7 Å². The Morgan fingerprint density at radius 2 is 2.00 bits per heavy atom. The van der Waals surface area contributed by atoms with E-state index in [0.29, 0.717) is 5.56 Å². The highest BCUT2D eigenvalue weighted by Crippen LogP contribution is 2.16. The summed E-state index contributed by atoms with van der Waals surface area (Å²) in [4.78, 5) is 24.1. The van der Waals surface area contributed by atoms with Crippen LogP contribution in [0.15, 0.2) is 35.0 Å². The third-order valence-corrected chi connectivity index (χ3v) is 4.39. The van der Waals surface area contributed by atoms with Crippen LogP contribution < -0.4 is 5.32 Å². The Balaban J connectivity index is 1.80. The van der Waals surface area contributed by atoms with Crippen LogP contribution in [0, 0.1) is 13.8 Å². The molecule has 0 aliphatic carbocycles. The summed E-state index contributed by atoms with van der Waals surface area (Å²) in [7, 11) is 0. The maximum absolute atomic E-state index is 12.2. The van der Waals surface area contributed by atoms with Crippen LogP contribution in [0.4, 0.5) is 0 Å². The Hall–Kier alpha value is -1.98.